The lowest BCUT2D eigenvalue weighted by Crippen LogP contribution is -2.25. The molecule has 3 rings (SSSR count). The summed E-state index contributed by atoms with van der Waals surface area (Å²) in [4.78, 5) is 0. The second-order valence-electron chi connectivity index (χ2n) is 4.78. The van der Waals surface area contributed by atoms with Gasteiger partial charge in [-0.05, 0) is 23.6 Å². The molecule has 7 nitrogen and oxygen atoms in total. The Kier molecular flexibility index (Phi) is 4.93. The van der Waals surface area contributed by atoms with E-state index < -0.39 is 10.0 Å². The minimum absolute atomic E-state index is 0.174. The summed E-state index contributed by atoms with van der Waals surface area (Å²) < 4.78 is 37.7. The second-order valence-corrected chi connectivity index (χ2v) is 7.72. The van der Waals surface area contributed by atoms with Gasteiger partial charge in [-0.3, -0.25) is 0 Å². The Morgan fingerprint density at radius 2 is 2.04 bits per heavy atom. The maximum atomic E-state index is 12.0. The van der Waals surface area contributed by atoms with E-state index in [4.69, 9.17) is 9.15 Å². The molecule has 0 aliphatic heterocycles. The van der Waals surface area contributed by atoms with Crippen LogP contribution in [0.25, 0.3) is 11.5 Å². The molecule has 0 spiro atoms. The van der Waals surface area contributed by atoms with Crippen molar-refractivity contribution < 1.29 is 17.6 Å². The van der Waals surface area contributed by atoms with E-state index in [2.05, 4.69) is 14.9 Å². The number of methoxy groups -OCH3 is 1. The van der Waals surface area contributed by atoms with E-state index in [1.165, 1.54) is 11.3 Å². The lowest BCUT2D eigenvalue weighted by Gasteiger charge is -2.03. The van der Waals surface area contributed by atoms with E-state index in [9.17, 15) is 8.42 Å². The van der Waals surface area contributed by atoms with Crippen LogP contribution in [0.1, 0.15) is 5.89 Å². The van der Waals surface area contributed by atoms with Gasteiger partial charge in [-0.25, -0.2) is 13.1 Å². The molecule has 0 radical (unpaired) electrons. The number of nitrogens with zero attached hydrogens (tertiary/aromatic N) is 2. The standard InChI is InChI=1S/C15H15N3O4S2/c1-21-12-6-3-2-5-11(12)15-18-17-13(22-15)8-9-16-24(19,20)14-7-4-10-23-14/h2-7,10,16H,8-9H2,1H3. The molecule has 2 heterocycles. The zero-order valence-electron chi connectivity index (χ0n) is 12.8. The molecule has 0 unspecified atom stereocenters. The van der Waals surface area contributed by atoms with E-state index in [0.717, 1.165) is 0 Å². The van der Waals surface area contributed by atoms with Crippen molar-refractivity contribution in [1.82, 2.24) is 14.9 Å². The van der Waals surface area contributed by atoms with Gasteiger partial charge >= 0.3 is 0 Å². The minimum atomic E-state index is -3.48. The Morgan fingerprint density at radius 1 is 1.21 bits per heavy atom. The van der Waals surface area contributed by atoms with Crippen molar-refractivity contribution in [1.29, 1.82) is 0 Å². The molecule has 0 bridgehead atoms. The van der Waals surface area contributed by atoms with Gasteiger partial charge in [0.05, 0.1) is 12.7 Å². The molecular weight excluding hydrogens is 350 g/mol. The van der Waals surface area contributed by atoms with Gasteiger partial charge in [0.15, 0.2) is 0 Å². The maximum Gasteiger partial charge on any atom is 0.251 e. The summed E-state index contributed by atoms with van der Waals surface area (Å²) in [7, 11) is -1.92. The van der Waals surface area contributed by atoms with Crippen LogP contribution >= 0.6 is 11.3 Å². The molecule has 0 atom stereocenters. The molecule has 24 heavy (non-hydrogen) atoms. The number of thiophene rings is 1. The molecule has 1 N–H and O–H groups in total. The van der Waals surface area contributed by atoms with E-state index in [-0.39, 0.29) is 10.8 Å². The van der Waals surface area contributed by atoms with Crippen LogP contribution in [0.4, 0.5) is 0 Å². The van der Waals surface area contributed by atoms with Crippen LogP contribution in [0.15, 0.2) is 50.4 Å². The van der Waals surface area contributed by atoms with Crippen molar-refractivity contribution >= 4 is 21.4 Å². The van der Waals surface area contributed by atoms with E-state index in [1.807, 2.05) is 18.2 Å². The van der Waals surface area contributed by atoms with Crippen LogP contribution in [0, 0.1) is 0 Å². The lowest BCUT2D eigenvalue weighted by atomic mass is 10.2. The number of rotatable bonds is 7. The van der Waals surface area contributed by atoms with Gasteiger partial charge in [0.25, 0.3) is 5.89 Å². The van der Waals surface area contributed by atoms with Gasteiger partial charge < -0.3 is 9.15 Å². The van der Waals surface area contributed by atoms with Crippen LogP contribution in [-0.4, -0.2) is 32.3 Å². The quantitative estimate of drug-likeness (QED) is 0.690. The first kappa shape index (κ1) is 16.6. The Balaban J connectivity index is 1.65. The average molecular weight is 365 g/mol. The smallest absolute Gasteiger partial charge is 0.251 e. The fourth-order valence-electron chi connectivity index (χ4n) is 2.06. The van der Waals surface area contributed by atoms with Gasteiger partial charge in [-0.1, -0.05) is 18.2 Å². The Labute approximate surface area is 143 Å². The zero-order valence-corrected chi connectivity index (χ0v) is 14.4. The molecule has 3 aromatic rings. The highest BCUT2D eigenvalue weighted by Gasteiger charge is 2.16. The highest BCUT2D eigenvalue weighted by atomic mass is 32.2. The summed E-state index contributed by atoms with van der Waals surface area (Å²) >= 11 is 1.17. The van der Waals surface area contributed by atoms with Crippen molar-refractivity contribution in [3.8, 4) is 17.2 Å². The van der Waals surface area contributed by atoms with Crippen molar-refractivity contribution in [2.75, 3.05) is 13.7 Å². The molecule has 2 aromatic heterocycles. The monoisotopic (exact) mass is 365 g/mol. The van der Waals surface area contributed by atoms with Gasteiger partial charge in [0, 0.05) is 13.0 Å². The third-order valence-electron chi connectivity index (χ3n) is 3.20. The number of benzene rings is 1. The van der Waals surface area contributed by atoms with Gasteiger partial charge in [-0.15, -0.1) is 21.5 Å². The largest absolute Gasteiger partial charge is 0.496 e. The van der Waals surface area contributed by atoms with E-state index >= 15 is 0 Å². The number of para-hydroxylation sites is 1. The predicted octanol–water partition coefficient (Wildman–Crippen LogP) is 2.33. The first-order valence-electron chi connectivity index (χ1n) is 7.09. The summed E-state index contributed by atoms with van der Waals surface area (Å²) in [5.74, 6) is 1.32. The normalized spacial score (nSPS) is 11.5. The number of nitrogens with one attached hydrogen (secondary N) is 1. The summed E-state index contributed by atoms with van der Waals surface area (Å²) in [6.45, 7) is 0.174. The van der Waals surface area contributed by atoms with Crippen LogP contribution in [0.2, 0.25) is 0 Å². The molecular formula is C15H15N3O4S2. The first-order chi connectivity index (χ1) is 11.6. The number of aromatic nitrogens is 2. The number of sulfonamides is 1. The van der Waals surface area contributed by atoms with E-state index in [1.54, 1.807) is 30.7 Å². The van der Waals surface area contributed by atoms with Crippen LogP contribution in [0.5, 0.6) is 5.75 Å². The summed E-state index contributed by atoms with van der Waals surface area (Å²) in [6.07, 6.45) is 0.298. The molecule has 0 saturated heterocycles. The van der Waals surface area contributed by atoms with Crippen molar-refractivity contribution in [2.24, 2.45) is 0 Å². The highest BCUT2D eigenvalue weighted by Crippen LogP contribution is 2.28. The number of ether oxygens (including phenoxy) is 1. The molecule has 1 aromatic carbocycles. The second kappa shape index (κ2) is 7.12. The van der Waals surface area contributed by atoms with Gasteiger partial charge in [-0.2, -0.15) is 0 Å². The Hall–Kier alpha value is -2.23. The van der Waals surface area contributed by atoms with Crippen LogP contribution < -0.4 is 9.46 Å². The average Bonchev–Trinajstić information content (AvgIpc) is 3.27. The Bertz CT molecular complexity index is 904. The SMILES string of the molecule is COc1ccccc1-c1nnc(CCNS(=O)(=O)c2cccs2)o1. The van der Waals surface area contributed by atoms with Crippen molar-refractivity contribution in [3.05, 3.63) is 47.7 Å². The van der Waals surface area contributed by atoms with Gasteiger partial charge in [0.2, 0.25) is 15.9 Å². The van der Waals surface area contributed by atoms with Crippen molar-refractivity contribution in [2.45, 2.75) is 10.6 Å². The molecule has 0 amide bonds. The van der Waals surface area contributed by atoms with Crippen molar-refractivity contribution in [3.63, 3.8) is 0 Å². The lowest BCUT2D eigenvalue weighted by molar-refractivity contribution is 0.413. The van der Waals surface area contributed by atoms with Crippen LogP contribution in [0.3, 0.4) is 0 Å². The summed E-state index contributed by atoms with van der Waals surface area (Å²) in [5.41, 5.74) is 0.693. The minimum Gasteiger partial charge on any atom is -0.496 e. The number of hydrogen-bond acceptors (Lipinski definition) is 7. The molecule has 0 aliphatic rings. The van der Waals surface area contributed by atoms with Gasteiger partial charge in [0.1, 0.15) is 9.96 Å². The zero-order chi connectivity index (χ0) is 17.0. The third kappa shape index (κ3) is 3.64. The molecule has 0 fully saturated rings. The molecule has 9 heteroatoms. The maximum absolute atomic E-state index is 12.0. The molecule has 0 aliphatic carbocycles. The third-order valence-corrected chi connectivity index (χ3v) is 6.05. The summed E-state index contributed by atoms with van der Waals surface area (Å²) in [6, 6.07) is 10.6. The number of hydrogen-bond donors (Lipinski definition) is 1. The van der Waals surface area contributed by atoms with E-state index in [0.29, 0.717) is 29.5 Å². The van der Waals surface area contributed by atoms with Crippen LogP contribution in [-0.2, 0) is 16.4 Å². The highest BCUT2D eigenvalue weighted by molar-refractivity contribution is 7.91. The summed E-state index contributed by atoms with van der Waals surface area (Å²) in [5, 5.41) is 9.65. The fraction of sp³-hybridized carbons (Fsp3) is 0.200. The predicted molar refractivity (Wildman–Crippen MR) is 89.5 cm³/mol. The first-order valence-corrected chi connectivity index (χ1v) is 9.45. The Morgan fingerprint density at radius 3 is 2.79 bits per heavy atom. The molecule has 0 saturated carbocycles. The fourth-order valence-corrected chi connectivity index (χ4v) is 4.13. The topological polar surface area (TPSA) is 94.3 Å². The molecule has 126 valence electrons.